The van der Waals surface area contributed by atoms with Crippen molar-refractivity contribution in [3.63, 3.8) is 0 Å². The molecule has 2 aromatic carbocycles. The molecule has 3 aliphatic rings. The van der Waals surface area contributed by atoms with Crippen LogP contribution < -0.4 is 14.4 Å². The zero-order chi connectivity index (χ0) is 24.4. The Kier molecular flexibility index (Phi) is 6.81. The summed E-state index contributed by atoms with van der Waals surface area (Å²) in [6, 6.07) is 10.3. The van der Waals surface area contributed by atoms with Gasteiger partial charge in [-0.15, -0.1) is 0 Å². The van der Waals surface area contributed by atoms with Gasteiger partial charge in [0, 0.05) is 51.9 Å². The zero-order valence-electron chi connectivity index (χ0n) is 19.6. The SMILES string of the molecule is O=[N+]([O-])c1cc(S(=O)(=O)N2CCCCCC2)ccc1N1CCN(Cc2ccc3c(c2)OCO3)CC1. The second kappa shape index (κ2) is 10.00. The first kappa shape index (κ1) is 23.8. The molecule has 0 unspecified atom stereocenters. The monoisotopic (exact) mass is 502 g/mol. The van der Waals surface area contributed by atoms with E-state index in [4.69, 9.17) is 9.47 Å². The Balaban J connectivity index is 1.28. The van der Waals surface area contributed by atoms with E-state index in [2.05, 4.69) is 4.90 Å². The van der Waals surface area contributed by atoms with Crippen molar-refractivity contribution in [2.45, 2.75) is 37.1 Å². The summed E-state index contributed by atoms with van der Waals surface area (Å²) in [5.74, 6) is 1.51. The number of hydrogen-bond donors (Lipinski definition) is 0. The Labute approximate surface area is 205 Å². The third-order valence-electron chi connectivity index (χ3n) is 6.90. The van der Waals surface area contributed by atoms with Crippen LogP contribution in [-0.2, 0) is 16.6 Å². The van der Waals surface area contributed by atoms with Gasteiger partial charge in [0.05, 0.1) is 9.82 Å². The molecule has 5 rings (SSSR count). The summed E-state index contributed by atoms with van der Waals surface area (Å²) in [5, 5.41) is 11.9. The fraction of sp³-hybridized carbons (Fsp3) is 0.500. The quantitative estimate of drug-likeness (QED) is 0.438. The van der Waals surface area contributed by atoms with E-state index in [1.165, 1.54) is 16.4 Å². The molecule has 2 saturated heterocycles. The molecule has 2 aromatic rings. The van der Waals surface area contributed by atoms with Crippen LogP contribution in [-0.4, -0.2) is 68.6 Å². The Bertz CT molecular complexity index is 1190. The molecule has 11 heteroatoms. The molecule has 0 saturated carbocycles. The number of piperazine rings is 1. The van der Waals surface area contributed by atoms with Crippen LogP contribution in [0.5, 0.6) is 11.5 Å². The molecule has 0 radical (unpaired) electrons. The van der Waals surface area contributed by atoms with E-state index in [9.17, 15) is 18.5 Å². The molecule has 0 aliphatic carbocycles. The third-order valence-corrected chi connectivity index (χ3v) is 8.80. The molecule has 188 valence electrons. The number of sulfonamides is 1. The van der Waals surface area contributed by atoms with E-state index in [-0.39, 0.29) is 17.4 Å². The highest BCUT2D eigenvalue weighted by atomic mass is 32.2. The predicted octanol–water partition coefficient (Wildman–Crippen LogP) is 3.21. The fourth-order valence-corrected chi connectivity index (χ4v) is 6.49. The van der Waals surface area contributed by atoms with Crippen LogP contribution in [0.15, 0.2) is 41.3 Å². The van der Waals surface area contributed by atoms with Crippen LogP contribution in [0.25, 0.3) is 0 Å². The van der Waals surface area contributed by atoms with Gasteiger partial charge in [0.25, 0.3) is 5.69 Å². The number of nitro groups is 1. The van der Waals surface area contributed by atoms with E-state index < -0.39 is 14.9 Å². The zero-order valence-corrected chi connectivity index (χ0v) is 20.4. The molecule has 0 atom stereocenters. The minimum Gasteiger partial charge on any atom is -0.454 e. The molecule has 0 N–H and O–H groups in total. The molecular weight excluding hydrogens is 472 g/mol. The summed E-state index contributed by atoms with van der Waals surface area (Å²) in [6.45, 7) is 4.62. The van der Waals surface area contributed by atoms with Crippen molar-refractivity contribution >= 4 is 21.4 Å². The molecule has 3 heterocycles. The van der Waals surface area contributed by atoms with Gasteiger partial charge in [-0.2, -0.15) is 4.31 Å². The summed E-state index contributed by atoms with van der Waals surface area (Å²) in [5.41, 5.74) is 1.43. The number of rotatable bonds is 6. The van der Waals surface area contributed by atoms with Gasteiger partial charge in [-0.05, 0) is 42.7 Å². The highest BCUT2D eigenvalue weighted by Crippen LogP contribution is 2.34. The van der Waals surface area contributed by atoms with E-state index in [0.717, 1.165) is 62.4 Å². The first-order valence-electron chi connectivity index (χ1n) is 12.1. The molecule has 35 heavy (non-hydrogen) atoms. The van der Waals surface area contributed by atoms with Gasteiger partial charge in [-0.25, -0.2) is 8.42 Å². The lowest BCUT2D eigenvalue weighted by atomic mass is 10.1. The van der Waals surface area contributed by atoms with Crippen LogP contribution >= 0.6 is 0 Å². The van der Waals surface area contributed by atoms with Crippen LogP contribution in [0.3, 0.4) is 0 Å². The number of hydrogen-bond acceptors (Lipinski definition) is 8. The average Bonchev–Trinajstić information content (AvgIpc) is 3.14. The van der Waals surface area contributed by atoms with Crippen molar-refractivity contribution in [2.24, 2.45) is 0 Å². The minimum atomic E-state index is -3.75. The molecule has 10 nitrogen and oxygen atoms in total. The van der Waals surface area contributed by atoms with Crippen molar-refractivity contribution in [1.29, 1.82) is 0 Å². The van der Waals surface area contributed by atoms with E-state index >= 15 is 0 Å². The van der Waals surface area contributed by atoms with Gasteiger partial charge in [0.15, 0.2) is 11.5 Å². The number of ether oxygens (including phenoxy) is 2. The van der Waals surface area contributed by atoms with E-state index in [1.54, 1.807) is 6.07 Å². The molecule has 0 aromatic heterocycles. The Morgan fingerprint density at radius 3 is 2.29 bits per heavy atom. The van der Waals surface area contributed by atoms with Gasteiger partial charge in [-0.3, -0.25) is 15.0 Å². The van der Waals surface area contributed by atoms with Crippen LogP contribution in [0, 0.1) is 10.1 Å². The number of anilines is 1. The lowest BCUT2D eigenvalue weighted by molar-refractivity contribution is -0.384. The Hall–Kier alpha value is -2.89. The normalized spacial score (nSPS) is 19.5. The maximum absolute atomic E-state index is 13.2. The van der Waals surface area contributed by atoms with Gasteiger partial charge in [-0.1, -0.05) is 18.9 Å². The molecule has 0 amide bonds. The van der Waals surface area contributed by atoms with Crippen molar-refractivity contribution in [1.82, 2.24) is 9.21 Å². The van der Waals surface area contributed by atoms with Crippen molar-refractivity contribution in [3.8, 4) is 11.5 Å². The summed E-state index contributed by atoms with van der Waals surface area (Å²) in [6.07, 6.45) is 3.64. The first-order valence-corrected chi connectivity index (χ1v) is 13.5. The summed E-state index contributed by atoms with van der Waals surface area (Å²) in [4.78, 5) is 15.7. The second-order valence-corrected chi connectivity index (χ2v) is 11.1. The second-order valence-electron chi connectivity index (χ2n) is 9.18. The van der Waals surface area contributed by atoms with Crippen molar-refractivity contribution < 1.29 is 22.8 Å². The standard InChI is InChI=1S/C24H30N4O6S/c29-28(30)22-16-20(35(31,32)27-9-3-1-2-4-10-27)6-7-21(22)26-13-11-25(12-14-26)17-19-5-8-23-24(15-19)34-18-33-23/h5-8,15-16H,1-4,9-14,17-18H2. The molecule has 0 bridgehead atoms. The maximum Gasteiger partial charge on any atom is 0.293 e. The van der Waals surface area contributed by atoms with E-state index in [0.29, 0.717) is 31.9 Å². The first-order chi connectivity index (χ1) is 16.9. The Morgan fingerprint density at radius 2 is 1.57 bits per heavy atom. The van der Waals surface area contributed by atoms with Crippen molar-refractivity contribution in [2.75, 3.05) is 51.0 Å². The van der Waals surface area contributed by atoms with Gasteiger partial charge < -0.3 is 14.4 Å². The minimum absolute atomic E-state index is 0.00343. The smallest absolute Gasteiger partial charge is 0.293 e. The maximum atomic E-state index is 13.2. The summed E-state index contributed by atoms with van der Waals surface area (Å²) in [7, 11) is -3.75. The average molecular weight is 503 g/mol. The predicted molar refractivity (Wildman–Crippen MR) is 130 cm³/mol. The van der Waals surface area contributed by atoms with Crippen LogP contribution in [0.2, 0.25) is 0 Å². The summed E-state index contributed by atoms with van der Waals surface area (Å²) < 4.78 is 38.6. The molecule has 2 fully saturated rings. The van der Waals surface area contributed by atoms with Crippen LogP contribution in [0.1, 0.15) is 31.2 Å². The number of benzene rings is 2. The third kappa shape index (κ3) is 5.07. The molecular formula is C24H30N4O6S. The lowest BCUT2D eigenvalue weighted by Gasteiger charge is -2.36. The van der Waals surface area contributed by atoms with Crippen molar-refractivity contribution in [3.05, 3.63) is 52.1 Å². The number of nitro benzene ring substituents is 1. The van der Waals surface area contributed by atoms with Gasteiger partial charge in [0.2, 0.25) is 16.8 Å². The topological polar surface area (TPSA) is 105 Å². The number of fused-ring (bicyclic) bond motifs is 1. The largest absolute Gasteiger partial charge is 0.454 e. The highest BCUT2D eigenvalue weighted by Gasteiger charge is 2.30. The molecule has 0 spiro atoms. The van der Waals surface area contributed by atoms with Crippen LogP contribution in [0.4, 0.5) is 11.4 Å². The fourth-order valence-electron chi connectivity index (χ4n) is 4.95. The highest BCUT2D eigenvalue weighted by molar-refractivity contribution is 7.89. The van der Waals surface area contributed by atoms with Gasteiger partial charge >= 0.3 is 0 Å². The lowest BCUT2D eigenvalue weighted by Crippen LogP contribution is -2.46. The van der Waals surface area contributed by atoms with E-state index in [1.807, 2.05) is 23.1 Å². The molecule has 3 aliphatic heterocycles. The summed E-state index contributed by atoms with van der Waals surface area (Å²) >= 11 is 0. The number of nitrogens with zero attached hydrogens (tertiary/aromatic N) is 4. The van der Waals surface area contributed by atoms with Gasteiger partial charge in [0.1, 0.15) is 5.69 Å². The Morgan fingerprint density at radius 1 is 0.857 bits per heavy atom.